The van der Waals surface area contributed by atoms with Gasteiger partial charge in [0.1, 0.15) is 0 Å². The fraction of sp³-hybridized carbons (Fsp3) is 0.172. The van der Waals surface area contributed by atoms with Crippen molar-refractivity contribution in [1.29, 1.82) is 0 Å². The van der Waals surface area contributed by atoms with Crippen molar-refractivity contribution in [2.45, 2.75) is 27.7 Å². The molecule has 1 aromatic heterocycles. The van der Waals surface area contributed by atoms with Crippen LogP contribution in [0.5, 0.6) is 0 Å². The van der Waals surface area contributed by atoms with Crippen molar-refractivity contribution >= 4 is 45.7 Å². The lowest BCUT2D eigenvalue weighted by atomic mass is 9.95. The van der Waals surface area contributed by atoms with Crippen LogP contribution in [0.15, 0.2) is 84.0 Å². The summed E-state index contributed by atoms with van der Waals surface area (Å²) in [7, 11) is 0. The van der Waals surface area contributed by atoms with Crippen molar-refractivity contribution < 1.29 is 9.59 Å². The Morgan fingerprint density at radius 1 is 0.917 bits per heavy atom. The highest BCUT2D eigenvalue weighted by molar-refractivity contribution is 6.30. The van der Waals surface area contributed by atoms with Gasteiger partial charge in [-0.1, -0.05) is 74.8 Å². The summed E-state index contributed by atoms with van der Waals surface area (Å²) in [6, 6.07) is 23.9. The molecule has 0 fully saturated rings. The molecule has 4 aromatic rings. The summed E-state index contributed by atoms with van der Waals surface area (Å²) in [5, 5.41) is 8.60. The molecular formula is C29H27ClN4O2. The molecule has 182 valence electrons. The number of halogens is 1. The largest absolute Gasteiger partial charge is 0.326 e. The number of nitrogens with one attached hydrogen (secondary N) is 2. The molecule has 0 atom stereocenters. The molecule has 36 heavy (non-hydrogen) atoms. The number of carbonyl (C=O) groups is 2. The second kappa shape index (κ2) is 10.3. The van der Waals surface area contributed by atoms with E-state index in [0.29, 0.717) is 33.2 Å². The lowest BCUT2D eigenvalue weighted by Crippen LogP contribution is -2.27. The molecule has 4 rings (SSSR count). The number of hydrogen-bond acceptors (Lipinski definition) is 4. The lowest BCUT2D eigenvalue weighted by molar-refractivity contribution is -0.123. The van der Waals surface area contributed by atoms with E-state index >= 15 is 0 Å². The Morgan fingerprint density at radius 3 is 2.36 bits per heavy atom. The summed E-state index contributed by atoms with van der Waals surface area (Å²) < 4.78 is 0. The van der Waals surface area contributed by atoms with Crippen LogP contribution >= 0.6 is 11.6 Å². The summed E-state index contributed by atoms with van der Waals surface area (Å²) >= 11 is 6.03. The number of benzene rings is 3. The summed E-state index contributed by atoms with van der Waals surface area (Å²) in [4.78, 5) is 30.3. The molecule has 2 N–H and O–H groups in total. The topological polar surface area (TPSA) is 83.4 Å². The molecule has 0 saturated heterocycles. The van der Waals surface area contributed by atoms with E-state index in [1.54, 1.807) is 25.1 Å². The van der Waals surface area contributed by atoms with Crippen LogP contribution in [0.25, 0.3) is 22.2 Å². The van der Waals surface area contributed by atoms with Gasteiger partial charge in [-0.2, -0.15) is 5.10 Å². The Hall–Kier alpha value is -4.03. The van der Waals surface area contributed by atoms with Gasteiger partial charge >= 0.3 is 0 Å². The van der Waals surface area contributed by atoms with Gasteiger partial charge in [-0.05, 0) is 48.9 Å². The van der Waals surface area contributed by atoms with Crippen molar-refractivity contribution in [1.82, 2.24) is 10.4 Å². The highest BCUT2D eigenvalue weighted by Gasteiger charge is 2.21. The van der Waals surface area contributed by atoms with Gasteiger partial charge in [0.15, 0.2) is 0 Å². The Morgan fingerprint density at radius 2 is 1.64 bits per heavy atom. The van der Waals surface area contributed by atoms with E-state index in [2.05, 4.69) is 15.8 Å². The first kappa shape index (κ1) is 25.1. The second-order valence-electron chi connectivity index (χ2n) is 9.50. The molecule has 0 radical (unpaired) electrons. The second-order valence-corrected chi connectivity index (χ2v) is 9.94. The fourth-order valence-corrected chi connectivity index (χ4v) is 3.66. The summed E-state index contributed by atoms with van der Waals surface area (Å²) in [5.41, 5.74) is 6.91. The number of carbonyl (C=O) groups excluding carboxylic acids is 2. The number of nitrogens with zero attached hydrogens (tertiary/aromatic N) is 2. The first-order chi connectivity index (χ1) is 17.1. The SMILES string of the molecule is C/C(=N/NC(=O)c1cc(-c2ccc(Cl)cc2)nc2ccccc12)c1cccc(NC(=O)C(C)(C)C)c1. The van der Waals surface area contributed by atoms with Crippen molar-refractivity contribution in [3.63, 3.8) is 0 Å². The highest BCUT2D eigenvalue weighted by atomic mass is 35.5. The minimum atomic E-state index is -0.509. The van der Waals surface area contributed by atoms with Gasteiger partial charge in [0.05, 0.1) is 22.5 Å². The maximum atomic E-state index is 13.2. The first-order valence-corrected chi connectivity index (χ1v) is 11.9. The number of hydrogen-bond donors (Lipinski definition) is 2. The molecule has 2 amide bonds. The zero-order chi connectivity index (χ0) is 25.9. The molecule has 0 saturated carbocycles. The van der Waals surface area contributed by atoms with Crippen LogP contribution in [-0.2, 0) is 4.79 Å². The quantitative estimate of drug-likeness (QED) is 0.237. The number of amides is 2. The minimum Gasteiger partial charge on any atom is -0.326 e. The van der Waals surface area contributed by atoms with E-state index in [-0.39, 0.29) is 11.8 Å². The third-order valence-electron chi connectivity index (χ3n) is 5.65. The number of anilines is 1. The van der Waals surface area contributed by atoms with E-state index in [1.807, 2.05) is 81.4 Å². The van der Waals surface area contributed by atoms with Crippen LogP contribution in [0.1, 0.15) is 43.6 Å². The normalized spacial score (nSPS) is 11.9. The number of pyridine rings is 1. The van der Waals surface area contributed by atoms with Gasteiger partial charge in [-0.3, -0.25) is 9.59 Å². The van der Waals surface area contributed by atoms with Crippen molar-refractivity contribution in [3.8, 4) is 11.3 Å². The standard InChI is InChI=1S/C29H27ClN4O2/c1-18(20-8-7-9-22(16-20)31-28(36)29(2,3)4)33-34-27(35)24-17-26(19-12-14-21(30)15-13-19)32-25-11-6-5-10-23(24)25/h5-17H,1-4H3,(H,31,36)(H,34,35)/b33-18-. The van der Waals surface area contributed by atoms with Crippen molar-refractivity contribution in [2.75, 3.05) is 5.32 Å². The Bertz CT molecular complexity index is 1470. The van der Waals surface area contributed by atoms with Crippen LogP contribution in [0, 0.1) is 5.41 Å². The molecule has 0 aliphatic rings. The van der Waals surface area contributed by atoms with Crippen LogP contribution in [0.3, 0.4) is 0 Å². The number of para-hydroxylation sites is 1. The van der Waals surface area contributed by atoms with Crippen molar-refractivity contribution in [2.24, 2.45) is 10.5 Å². The van der Waals surface area contributed by atoms with E-state index in [1.165, 1.54) is 0 Å². The van der Waals surface area contributed by atoms with Gasteiger partial charge in [-0.15, -0.1) is 0 Å². The monoisotopic (exact) mass is 498 g/mol. The van der Waals surface area contributed by atoms with Gasteiger partial charge in [0.25, 0.3) is 5.91 Å². The Labute approximate surface area is 215 Å². The average Bonchev–Trinajstić information content (AvgIpc) is 2.86. The number of aromatic nitrogens is 1. The predicted molar refractivity (Wildman–Crippen MR) is 146 cm³/mol. The van der Waals surface area contributed by atoms with E-state index in [4.69, 9.17) is 16.6 Å². The lowest BCUT2D eigenvalue weighted by Gasteiger charge is -2.18. The molecule has 0 aliphatic carbocycles. The van der Waals surface area contributed by atoms with Gasteiger partial charge in [0, 0.05) is 27.1 Å². The molecule has 0 aliphatic heterocycles. The molecule has 0 bridgehead atoms. The molecule has 0 unspecified atom stereocenters. The van der Waals surface area contributed by atoms with Crippen LogP contribution in [0.4, 0.5) is 5.69 Å². The number of rotatable bonds is 5. The van der Waals surface area contributed by atoms with E-state index < -0.39 is 5.41 Å². The highest BCUT2D eigenvalue weighted by Crippen LogP contribution is 2.26. The minimum absolute atomic E-state index is 0.0800. The van der Waals surface area contributed by atoms with Crippen LogP contribution in [-0.4, -0.2) is 22.5 Å². The number of fused-ring (bicyclic) bond motifs is 1. The van der Waals surface area contributed by atoms with Gasteiger partial charge < -0.3 is 5.32 Å². The van der Waals surface area contributed by atoms with Gasteiger partial charge in [-0.25, -0.2) is 10.4 Å². The van der Waals surface area contributed by atoms with E-state index in [9.17, 15) is 9.59 Å². The van der Waals surface area contributed by atoms with E-state index in [0.717, 1.165) is 16.5 Å². The number of hydrazone groups is 1. The molecule has 0 spiro atoms. The Balaban J connectivity index is 1.60. The average molecular weight is 499 g/mol. The zero-order valence-corrected chi connectivity index (χ0v) is 21.4. The summed E-state index contributed by atoms with van der Waals surface area (Å²) in [6.07, 6.45) is 0. The molecular weight excluding hydrogens is 472 g/mol. The summed E-state index contributed by atoms with van der Waals surface area (Å²) in [5.74, 6) is -0.427. The first-order valence-electron chi connectivity index (χ1n) is 11.5. The third kappa shape index (κ3) is 5.78. The van der Waals surface area contributed by atoms with Crippen molar-refractivity contribution in [3.05, 3.63) is 95.0 Å². The molecule has 3 aromatic carbocycles. The maximum absolute atomic E-state index is 13.2. The van der Waals surface area contributed by atoms with Gasteiger partial charge in [0.2, 0.25) is 5.91 Å². The predicted octanol–water partition coefficient (Wildman–Crippen LogP) is 6.69. The molecule has 1 heterocycles. The third-order valence-corrected chi connectivity index (χ3v) is 5.90. The molecule has 7 heteroatoms. The fourth-order valence-electron chi connectivity index (χ4n) is 3.53. The smallest absolute Gasteiger partial charge is 0.272 e. The van der Waals surface area contributed by atoms with Crippen LogP contribution < -0.4 is 10.7 Å². The van der Waals surface area contributed by atoms with Crippen LogP contribution in [0.2, 0.25) is 5.02 Å². The summed E-state index contributed by atoms with van der Waals surface area (Å²) in [6.45, 7) is 7.37. The zero-order valence-electron chi connectivity index (χ0n) is 20.6. The molecule has 6 nitrogen and oxygen atoms in total. The maximum Gasteiger partial charge on any atom is 0.272 e. The Kier molecular flexibility index (Phi) is 7.17.